The van der Waals surface area contributed by atoms with Gasteiger partial charge in [0.25, 0.3) is 10.0 Å². The smallest absolute Gasteiger partial charge is 0.296 e. The molecule has 0 amide bonds. The minimum absolute atomic E-state index is 0.101. The fourth-order valence-electron chi connectivity index (χ4n) is 1.19. The summed E-state index contributed by atoms with van der Waals surface area (Å²) in [6.45, 7) is 0. The molecule has 0 spiro atoms. The molecule has 2 aromatic rings. The number of carboxylic acid groups (broad SMARTS) is 1. The van der Waals surface area contributed by atoms with Gasteiger partial charge >= 0.3 is 0 Å². The molecule has 0 fully saturated rings. The summed E-state index contributed by atoms with van der Waals surface area (Å²) in [6.07, 6.45) is 1.41. The Morgan fingerprint density at radius 1 is 1.28 bits per heavy atom. The Balaban J connectivity index is 2.28. The number of carbonyl (C=O) groups excluding carboxylic acids is 1. The lowest BCUT2D eigenvalue weighted by atomic mass is 10.5. The van der Waals surface area contributed by atoms with E-state index in [0.717, 1.165) is 12.1 Å². The Hall–Kier alpha value is -2.35. The first kappa shape index (κ1) is 12.1. The molecule has 0 saturated heterocycles. The van der Waals surface area contributed by atoms with Gasteiger partial charge in [-0.1, -0.05) is 6.07 Å². The summed E-state index contributed by atoms with van der Waals surface area (Å²) in [5.74, 6) is -2.05. The predicted octanol–water partition coefficient (Wildman–Crippen LogP) is -0.161. The van der Waals surface area contributed by atoms with E-state index in [1.807, 2.05) is 0 Å². The van der Waals surface area contributed by atoms with Gasteiger partial charge in [-0.2, -0.15) is 8.42 Å². The van der Waals surface area contributed by atoms with E-state index in [1.54, 1.807) is 12.1 Å². The van der Waals surface area contributed by atoms with Gasteiger partial charge in [0, 0.05) is 6.20 Å². The molecule has 0 bridgehead atoms. The van der Waals surface area contributed by atoms with Crippen molar-refractivity contribution in [2.45, 2.75) is 5.09 Å². The van der Waals surface area contributed by atoms with Crippen molar-refractivity contribution in [1.29, 1.82) is 0 Å². The first-order valence-electron chi connectivity index (χ1n) is 4.74. The summed E-state index contributed by atoms with van der Waals surface area (Å²) < 4.78 is 30.3. The molecule has 2 aromatic heterocycles. The maximum absolute atomic E-state index is 11.8. The molecule has 18 heavy (non-hydrogen) atoms. The van der Waals surface area contributed by atoms with Crippen LogP contribution < -0.4 is 9.83 Å². The third-order valence-corrected chi connectivity index (χ3v) is 3.18. The molecule has 0 aliphatic heterocycles. The number of carboxylic acids is 1. The van der Waals surface area contributed by atoms with Crippen molar-refractivity contribution in [1.82, 2.24) is 4.98 Å². The van der Waals surface area contributed by atoms with Crippen LogP contribution in [0.5, 0.6) is 0 Å². The summed E-state index contributed by atoms with van der Waals surface area (Å²) >= 11 is 0. The lowest BCUT2D eigenvalue weighted by molar-refractivity contribution is -0.257. The van der Waals surface area contributed by atoms with E-state index < -0.39 is 26.8 Å². The summed E-state index contributed by atoms with van der Waals surface area (Å²) in [5, 5.41) is 9.95. The first-order chi connectivity index (χ1) is 8.49. The highest BCUT2D eigenvalue weighted by Gasteiger charge is 2.19. The number of hydrogen-bond acceptors (Lipinski definition) is 6. The molecule has 0 aliphatic rings. The highest BCUT2D eigenvalue weighted by Crippen LogP contribution is 2.16. The van der Waals surface area contributed by atoms with Crippen LogP contribution in [0.15, 0.2) is 46.0 Å². The zero-order valence-electron chi connectivity index (χ0n) is 8.86. The molecule has 0 radical (unpaired) electrons. The number of furan rings is 1. The fourth-order valence-corrected chi connectivity index (χ4v) is 2.13. The summed E-state index contributed by atoms with van der Waals surface area (Å²) in [7, 11) is -4.00. The van der Waals surface area contributed by atoms with Crippen molar-refractivity contribution >= 4 is 21.8 Å². The van der Waals surface area contributed by atoms with Crippen molar-refractivity contribution in [3.8, 4) is 0 Å². The van der Waals surface area contributed by atoms with Crippen LogP contribution in [0.1, 0.15) is 10.6 Å². The number of nitrogens with one attached hydrogen (secondary N) is 1. The maximum atomic E-state index is 11.8. The molecule has 7 nitrogen and oxygen atoms in total. The molecule has 0 aliphatic carbocycles. The van der Waals surface area contributed by atoms with Gasteiger partial charge in [0.1, 0.15) is 11.8 Å². The Kier molecular flexibility index (Phi) is 3.02. The van der Waals surface area contributed by atoms with Crippen LogP contribution in [0.4, 0.5) is 5.82 Å². The zero-order chi connectivity index (χ0) is 13.2. The van der Waals surface area contributed by atoms with Crippen molar-refractivity contribution in [3.63, 3.8) is 0 Å². The topological polar surface area (TPSA) is 112 Å². The normalized spacial score (nSPS) is 11.1. The van der Waals surface area contributed by atoms with E-state index in [-0.39, 0.29) is 5.82 Å². The molecule has 1 N–H and O–H groups in total. The number of rotatable bonds is 4. The highest BCUT2D eigenvalue weighted by atomic mass is 32.2. The molecular weight excluding hydrogens is 260 g/mol. The molecule has 2 heterocycles. The Morgan fingerprint density at radius 2 is 2.06 bits per heavy atom. The average molecular weight is 267 g/mol. The number of sulfonamides is 1. The van der Waals surface area contributed by atoms with Crippen molar-refractivity contribution in [2.75, 3.05) is 4.72 Å². The van der Waals surface area contributed by atoms with Crippen LogP contribution in [0.2, 0.25) is 0 Å². The third kappa shape index (κ3) is 2.48. The van der Waals surface area contributed by atoms with E-state index in [1.165, 1.54) is 12.3 Å². The van der Waals surface area contributed by atoms with E-state index in [4.69, 9.17) is 0 Å². The van der Waals surface area contributed by atoms with Crippen LogP contribution >= 0.6 is 0 Å². The number of anilines is 1. The molecule has 2 rings (SSSR count). The highest BCUT2D eigenvalue weighted by molar-refractivity contribution is 7.92. The zero-order valence-corrected chi connectivity index (χ0v) is 9.68. The van der Waals surface area contributed by atoms with Crippen LogP contribution in [0.3, 0.4) is 0 Å². The molecular formula is C10H7N2O5S-. The van der Waals surface area contributed by atoms with Crippen LogP contribution in [-0.4, -0.2) is 19.4 Å². The van der Waals surface area contributed by atoms with Gasteiger partial charge in [-0.15, -0.1) is 0 Å². The SMILES string of the molecule is O=C([O-])c1ccc(S(=O)(=O)Nc2ccccn2)o1. The van der Waals surface area contributed by atoms with Crippen LogP contribution in [0, 0.1) is 0 Å². The number of aromatic carboxylic acids is 1. The van der Waals surface area contributed by atoms with Gasteiger partial charge in [-0.3, -0.25) is 4.72 Å². The fraction of sp³-hybridized carbons (Fsp3) is 0. The minimum Gasteiger partial charge on any atom is -0.542 e. The largest absolute Gasteiger partial charge is 0.542 e. The predicted molar refractivity (Wildman–Crippen MR) is 58.1 cm³/mol. The second kappa shape index (κ2) is 4.49. The molecule has 0 aromatic carbocycles. The van der Waals surface area contributed by atoms with Gasteiger partial charge in [-0.25, -0.2) is 4.98 Å². The summed E-state index contributed by atoms with van der Waals surface area (Å²) in [6, 6.07) is 6.69. The Morgan fingerprint density at radius 3 is 2.61 bits per heavy atom. The van der Waals surface area contributed by atoms with Crippen LogP contribution in [-0.2, 0) is 10.0 Å². The number of pyridine rings is 1. The van der Waals surface area contributed by atoms with Crippen molar-refractivity contribution in [3.05, 3.63) is 42.3 Å². The van der Waals surface area contributed by atoms with E-state index >= 15 is 0 Å². The number of carbonyl (C=O) groups is 1. The summed E-state index contributed by atoms with van der Waals surface area (Å²) in [5.41, 5.74) is 0. The monoisotopic (exact) mass is 267 g/mol. The summed E-state index contributed by atoms with van der Waals surface area (Å²) in [4.78, 5) is 14.2. The van der Waals surface area contributed by atoms with Crippen molar-refractivity contribution < 1.29 is 22.7 Å². The lowest BCUT2D eigenvalue weighted by Crippen LogP contribution is -2.21. The second-order valence-corrected chi connectivity index (χ2v) is 4.84. The van der Waals surface area contributed by atoms with E-state index in [0.29, 0.717) is 0 Å². The van der Waals surface area contributed by atoms with E-state index in [2.05, 4.69) is 14.1 Å². The number of hydrogen-bond donors (Lipinski definition) is 1. The molecule has 0 unspecified atom stereocenters. The third-order valence-electron chi connectivity index (χ3n) is 1.95. The Labute approximate surface area is 102 Å². The Bertz CT molecular complexity index is 663. The van der Waals surface area contributed by atoms with E-state index in [9.17, 15) is 18.3 Å². The lowest BCUT2D eigenvalue weighted by Gasteiger charge is -2.04. The molecule has 8 heteroatoms. The number of aromatic nitrogens is 1. The maximum Gasteiger partial charge on any atom is 0.296 e. The molecule has 0 saturated carbocycles. The standard InChI is InChI=1S/C10H8N2O5S/c13-10(14)7-4-5-9(17-7)18(15,16)12-8-3-1-2-6-11-8/h1-6H,(H,11,12)(H,13,14)/p-1. The average Bonchev–Trinajstić information content (AvgIpc) is 2.79. The first-order valence-corrected chi connectivity index (χ1v) is 6.22. The van der Waals surface area contributed by atoms with Gasteiger partial charge in [0.05, 0.1) is 0 Å². The molecule has 0 atom stereocenters. The minimum atomic E-state index is -4.00. The molecule has 94 valence electrons. The second-order valence-electron chi connectivity index (χ2n) is 3.23. The van der Waals surface area contributed by atoms with Crippen LogP contribution in [0.25, 0.3) is 0 Å². The van der Waals surface area contributed by atoms with Gasteiger partial charge < -0.3 is 14.3 Å². The van der Waals surface area contributed by atoms with Gasteiger partial charge in [0.2, 0.25) is 5.09 Å². The van der Waals surface area contributed by atoms with Crippen molar-refractivity contribution in [2.24, 2.45) is 0 Å². The van der Waals surface area contributed by atoms with Gasteiger partial charge in [-0.05, 0) is 24.3 Å². The van der Waals surface area contributed by atoms with Gasteiger partial charge in [0.15, 0.2) is 5.76 Å². The number of nitrogens with zero attached hydrogens (tertiary/aromatic N) is 1. The quantitative estimate of drug-likeness (QED) is 0.823.